The normalized spacial score (nSPS) is 18.7. The monoisotopic (exact) mass is 235 g/mol. The van der Waals surface area contributed by atoms with Gasteiger partial charge in [-0.25, -0.2) is 0 Å². The summed E-state index contributed by atoms with van der Waals surface area (Å²) in [6.07, 6.45) is 0.575. The van der Waals surface area contributed by atoms with Crippen LogP contribution in [0.5, 0.6) is 0 Å². The van der Waals surface area contributed by atoms with Crippen molar-refractivity contribution < 1.29 is 14.3 Å². The Morgan fingerprint density at radius 3 is 2.41 bits per heavy atom. The van der Waals surface area contributed by atoms with Gasteiger partial charge in [-0.1, -0.05) is 30.3 Å². The van der Waals surface area contributed by atoms with Crippen molar-refractivity contribution in [3.05, 3.63) is 35.9 Å². The zero-order valence-corrected chi connectivity index (χ0v) is 10.2. The minimum atomic E-state index is -1.07. The summed E-state index contributed by atoms with van der Waals surface area (Å²) in [5.74, 6) is -1.17. The summed E-state index contributed by atoms with van der Waals surface area (Å²) in [6.45, 7) is 1.27. The van der Waals surface area contributed by atoms with E-state index in [9.17, 15) is 4.79 Å². The van der Waals surface area contributed by atoms with Crippen LogP contribution in [0.2, 0.25) is 0 Å². The third kappa shape index (κ3) is 2.18. The van der Waals surface area contributed by atoms with Gasteiger partial charge in [-0.05, 0) is 5.56 Å². The van der Waals surface area contributed by atoms with E-state index in [0.29, 0.717) is 19.5 Å². The molecule has 0 bridgehead atoms. The molecule has 0 spiro atoms. The van der Waals surface area contributed by atoms with Crippen molar-refractivity contribution in [2.45, 2.75) is 18.8 Å². The van der Waals surface area contributed by atoms with Crippen LogP contribution in [0, 0.1) is 0 Å². The highest BCUT2D eigenvalue weighted by Crippen LogP contribution is 2.28. The second-order valence-electron chi connectivity index (χ2n) is 4.12. The summed E-state index contributed by atoms with van der Waals surface area (Å²) >= 11 is 0. The van der Waals surface area contributed by atoms with Crippen molar-refractivity contribution in [1.82, 2.24) is 4.90 Å². The third-order valence-electron chi connectivity index (χ3n) is 3.20. The highest BCUT2D eigenvalue weighted by molar-refractivity contribution is 5.85. The SMILES string of the molecule is COC1(OC)CCN(Cc2ccccc2)C1=O. The van der Waals surface area contributed by atoms with E-state index in [1.165, 1.54) is 14.2 Å². The number of carbonyl (C=O) groups excluding carboxylic acids is 1. The van der Waals surface area contributed by atoms with Crippen LogP contribution in [0.25, 0.3) is 0 Å². The van der Waals surface area contributed by atoms with Gasteiger partial charge in [0.2, 0.25) is 0 Å². The van der Waals surface area contributed by atoms with Crippen LogP contribution in [0.4, 0.5) is 0 Å². The van der Waals surface area contributed by atoms with E-state index in [1.807, 2.05) is 30.3 Å². The van der Waals surface area contributed by atoms with Gasteiger partial charge >= 0.3 is 0 Å². The lowest BCUT2D eigenvalue weighted by Crippen LogP contribution is -2.43. The molecule has 1 amide bonds. The molecule has 0 aliphatic carbocycles. The van der Waals surface area contributed by atoms with Crippen LogP contribution in [0.15, 0.2) is 30.3 Å². The molecular formula is C13H17NO3. The molecule has 0 unspecified atom stereocenters. The Labute approximate surface area is 101 Å². The maximum absolute atomic E-state index is 12.2. The van der Waals surface area contributed by atoms with Gasteiger partial charge < -0.3 is 14.4 Å². The lowest BCUT2D eigenvalue weighted by atomic mass is 10.2. The maximum atomic E-state index is 12.2. The molecule has 0 N–H and O–H groups in total. The summed E-state index contributed by atoms with van der Waals surface area (Å²) in [5.41, 5.74) is 1.11. The van der Waals surface area contributed by atoms with Gasteiger partial charge in [0, 0.05) is 33.7 Å². The molecule has 4 nitrogen and oxygen atoms in total. The second-order valence-corrected chi connectivity index (χ2v) is 4.12. The second kappa shape index (κ2) is 4.85. The maximum Gasteiger partial charge on any atom is 0.283 e. The third-order valence-corrected chi connectivity index (χ3v) is 3.20. The van der Waals surface area contributed by atoms with E-state index < -0.39 is 5.79 Å². The van der Waals surface area contributed by atoms with E-state index >= 15 is 0 Å². The molecule has 17 heavy (non-hydrogen) atoms. The quantitative estimate of drug-likeness (QED) is 0.741. The first-order chi connectivity index (χ1) is 8.22. The molecule has 1 aromatic carbocycles. The van der Waals surface area contributed by atoms with Gasteiger partial charge in [-0.15, -0.1) is 0 Å². The van der Waals surface area contributed by atoms with Crippen molar-refractivity contribution >= 4 is 5.91 Å². The Bertz CT molecular complexity index is 387. The average molecular weight is 235 g/mol. The summed E-state index contributed by atoms with van der Waals surface area (Å²) in [7, 11) is 3.01. The lowest BCUT2D eigenvalue weighted by molar-refractivity contribution is -0.205. The smallest absolute Gasteiger partial charge is 0.283 e. The summed E-state index contributed by atoms with van der Waals surface area (Å²) in [4.78, 5) is 13.9. The van der Waals surface area contributed by atoms with Crippen molar-refractivity contribution in [2.75, 3.05) is 20.8 Å². The van der Waals surface area contributed by atoms with Gasteiger partial charge in [0.1, 0.15) is 0 Å². The number of methoxy groups -OCH3 is 2. The zero-order chi connectivity index (χ0) is 12.3. The predicted molar refractivity (Wildman–Crippen MR) is 63.2 cm³/mol. The Kier molecular flexibility index (Phi) is 3.45. The standard InChI is InChI=1S/C13H17NO3/c1-16-13(17-2)8-9-14(12(13)15)10-11-6-4-3-5-7-11/h3-7H,8-10H2,1-2H3. The fourth-order valence-electron chi connectivity index (χ4n) is 2.15. The Balaban J connectivity index is 2.08. The summed E-state index contributed by atoms with van der Waals surface area (Å²) in [6, 6.07) is 9.91. The molecule has 4 heteroatoms. The first-order valence-electron chi connectivity index (χ1n) is 5.65. The molecule has 1 aliphatic heterocycles. The van der Waals surface area contributed by atoms with E-state index in [2.05, 4.69) is 0 Å². The number of ether oxygens (including phenoxy) is 2. The predicted octanol–water partition coefficient (Wildman–Crippen LogP) is 1.41. The van der Waals surface area contributed by atoms with Gasteiger partial charge in [0.25, 0.3) is 11.7 Å². The number of amides is 1. The van der Waals surface area contributed by atoms with Crippen LogP contribution in [-0.2, 0) is 20.8 Å². The summed E-state index contributed by atoms with van der Waals surface area (Å²) < 4.78 is 10.4. The molecule has 0 saturated carbocycles. The van der Waals surface area contributed by atoms with Crippen molar-refractivity contribution in [1.29, 1.82) is 0 Å². The number of hydrogen-bond donors (Lipinski definition) is 0. The van der Waals surface area contributed by atoms with Gasteiger partial charge in [0.15, 0.2) is 0 Å². The van der Waals surface area contributed by atoms with E-state index in [0.717, 1.165) is 5.56 Å². The average Bonchev–Trinajstić information content (AvgIpc) is 2.69. The van der Waals surface area contributed by atoms with Gasteiger partial charge in [0.05, 0.1) is 0 Å². The Hall–Kier alpha value is -1.39. The van der Waals surface area contributed by atoms with E-state index in [-0.39, 0.29) is 5.91 Å². The molecule has 2 rings (SSSR count). The minimum Gasteiger partial charge on any atom is -0.345 e. The highest BCUT2D eigenvalue weighted by atomic mass is 16.7. The molecule has 1 fully saturated rings. The fraction of sp³-hybridized carbons (Fsp3) is 0.462. The molecule has 1 heterocycles. The lowest BCUT2D eigenvalue weighted by Gasteiger charge is -2.24. The van der Waals surface area contributed by atoms with E-state index in [4.69, 9.17) is 9.47 Å². The molecule has 1 aliphatic rings. The largest absolute Gasteiger partial charge is 0.345 e. The topological polar surface area (TPSA) is 38.8 Å². The molecular weight excluding hydrogens is 218 g/mol. The molecule has 1 saturated heterocycles. The minimum absolute atomic E-state index is 0.0913. The molecule has 0 aromatic heterocycles. The molecule has 92 valence electrons. The number of rotatable bonds is 4. The Morgan fingerprint density at radius 2 is 1.88 bits per heavy atom. The highest BCUT2D eigenvalue weighted by Gasteiger charge is 2.47. The van der Waals surface area contributed by atoms with Gasteiger partial charge in [-0.2, -0.15) is 0 Å². The number of likely N-dealkylation sites (tertiary alicyclic amines) is 1. The first kappa shape index (κ1) is 12.1. The Morgan fingerprint density at radius 1 is 1.24 bits per heavy atom. The van der Waals surface area contributed by atoms with E-state index in [1.54, 1.807) is 4.90 Å². The summed E-state index contributed by atoms with van der Waals surface area (Å²) in [5, 5.41) is 0. The fourth-order valence-corrected chi connectivity index (χ4v) is 2.15. The number of carbonyl (C=O) groups is 1. The molecule has 1 aromatic rings. The van der Waals surface area contributed by atoms with Crippen LogP contribution < -0.4 is 0 Å². The van der Waals surface area contributed by atoms with Crippen molar-refractivity contribution in [3.8, 4) is 0 Å². The van der Waals surface area contributed by atoms with Crippen molar-refractivity contribution in [3.63, 3.8) is 0 Å². The number of nitrogens with zero attached hydrogens (tertiary/aromatic N) is 1. The zero-order valence-electron chi connectivity index (χ0n) is 10.2. The van der Waals surface area contributed by atoms with Crippen molar-refractivity contribution in [2.24, 2.45) is 0 Å². The molecule has 0 atom stereocenters. The number of hydrogen-bond acceptors (Lipinski definition) is 3. The van der Waals surface area contributed by atoms with Crippen LogP contribution in [0.1, 0.15) is 12.0 Å². The first-order valence-corrected chi connectivity index (χ1v) is 5.65. The van der Waals surface area contributed by atoms with Gasteiger partial charge in [-0.3, -0.25) is 4.79 Å². The van der Waals surface area contributed by atoms with Crippen LogP contribution in [0.3, 0.4) is 0 Å². The number of benzene rings is 1. The van der Waals surface area contributed by atoms with Crippen LogP contribution >= 0.6 is 0 Å². The van der Waals surface area contributed by atoms with Crippen LogP contribution in [-0.4, -0.2) is 37.4 Å². The molecule has 0 radical (unpaired) electrons.